The normalized spacial score (nSPS) is 14.9. The van der Waals surface area contributed by atoms with Crippen LogP contribution in [-0.4, -0.2) is 20.7 Å². The monoisotopic (exact) mass is 284 g/mol. The molecule has 1 aliphatic rings. The van der Waals surface area contributed by atoms with Crippen LogP contribution in [0.4, 0.5) is 12.9 Å². The predicted molar refractivity (Wildman–Crippen MR) is 59.9 cm³/mol. The zero-order chi connectivity index (χ0) is 12.5. The van der Waals surface area contributed by atoms with E-state index >= 15 is 0 Å². The molecule has 0 amide bonds. The average molecular weight is 284 g/mol. The molecule has 1 aliphatic carbocycles. The summed E-state index contributed by atoms with van der Waals surface area (Å²) in [6.45, 7) is -4.71. The van der Waals surface area contributed by atoms with Crippen molar-refractivity contribution < 1.29 is 73.8 Å². The fraction of sp³-hybridized carbons (Fsp3) is 0.455. The molecule has 1 aromatic carbocycles. The van der Waals surface area contributed by atoms with Crippen molar-refractivity contribution in [2.45, 2.75) is 12.8 Å². The summed E-state index contributed by atoms with van der Waals surface area (Å²) in [7, 11) is 1.34. The van der Waals surface area contributed by atoms with Crippen LogP contribution in [0.1, 0.15) is 12.8 Å². The van der Waals surface area contributed by atoms with Gasteiger partial charge in [-0.05, 0) is 37.0 Å². The average Bonchev–Trinajstić information content (AvgIpc) is 3.08. The number of halogens is 3. The first-order valence-electron chi connectivity index (χ1n) is 5.51. The van der Waals surface area contributed by atoms with Crippen molar-refractivity contribution in [3.63, 3.8) is 0 Å². The number of hydrogen-bond acceptors (Lipinski definition) is 2. The molecule has 0 heterocycles. The molecule has 7 heteroatoms. The van der Waals surface area contributed by atoms with Gasteiger partial charge < -0.3 is 22.4 Å². The van der Waals surface area contributed by atoms with E-state index in [1.165, 1.54) is 19.2 Å². The molecular weight excluding hydrogens is 271 g/mol. The fourth-order valence-corrected chi connectivity index (χ4v) is 1.53. The maximum absolute atomic E-state index is 12.8. The number of rotatable bonds is 5. The first-order chi connectivity index (χ1) is 8.00. The number of ether oxygens (including phenoxy) is 2. The summed E-state index contributed by atoms with van der Waals surface area (Å²) in [6.07, 6.45) is 2.09. The van der Waals surface area contributed by atoms with Gasteiger partial charge in [0.25, 0.3) is 0 Å². The minimum atomic E-state index is -5.08. The van der Waals surface area contributed by atoms with E-state index < -0.39 is 12.4 Å². The Morgan fingerprint density at radius 2 is 1.94 bits per heavy atom. The Morgan fingerprint density at radius 3 is 2.44 bits per heavy atom. The molecule has 2 nitrogen and oxygen atoms in total. The third kappa shape index (κ3) is 4.45. The molecule has 0 unspecified atom stereocenters. The van der Waals surface area contributed by atoms with Crippen molar-refractivity contribution in [2.75, 3.05) is 13.7 Å². The molecule has 1 fully saturated rings. The number of methoxy groups -OCH3 is 1. The Labute approximate surface area is 147 Å². The predicted octanol–water partition coefficient (Wildman–Crippen LogP) is -0.458. The second-order valence-corrected chi connectivity index (χ2v) is 4.23. The van der Waals surface area contributed by atoms with Gasteiger partial charge in [0, 0.05) is 0 Å². The summed E-state index contributed by atoms with van der Waals surface area (Å²) >= 11 is 0. The van der Waals surface area contributed by atoms with E-state index in [-0.39, 0.29) is 62.9 Å². The molecular formula is C11H13BF3KO2. The van der Waals surface area contributed by atoms with Crippen LogP contribution in [0.25, 0.3) is 0 Å². The van der Waals surface area contributed by atoms with Gasteiger partial charge >= 0.3 is 58.4 Å². The van der Waals surface area contributed by atoms with Crippen LogP contribution >= 0.6 is 0 Å². The molecule has 0 atom stereocenters. The Kier molecular flexibility index (Phi) is 6.05. The second-order valence-electron chi connectivity index (χ2n) is 4.23. The Hall–Kier alpha value is 0.311. The molecule has 2 rings (SSSR count). The molecule has 0 spiro atoms. The van der Waals surface area contributed by atoms with Gasteiger partial charge in [0.1, 0.15) is 5.75 Å². The molecule has 0 radical (unpaired) electrons. The summed E-state index contributed by atoms with van der Waals surface area (Å²) in [4.78, 5) is 0. The van der Waals surface area contributed by atoms with E-state index in [1.54, 1.807) is 0 Å². The first-order valence-corrected chi connectivity index (χ1v) is 5.51. The quantitative estimate of drug-likeness (QED) is 0.681. The van der Waals surface area contributed by atoms with Crippen LogP contribution in [0.3, 0.4) is 0 Å². The molecule has 1 aromatic rings. The molecule has 0 aromatic heterocycles. The maximum Gasteiger partial charge on any atom is 1.00 e. The standard InChI is InChI=1S/C11H13BF3O2.K/c1-16-9-4-5-11(17-7-8-2-3-8)10(6-9)12(13,14)15;/h4-6,8H,2-3,7H2,1H3;/q-1;+1. The smallest absolute Gasteiger partial charge is 0.497 e. The minimum absolute atomic E-state index is 0. The van der Waals surface area contributed by atoms with Gasteiger partial charge in [-0.25, -0.2) is 0 Å². The Morgan fingerprint density at radius 1 is 1.28 bits per heavy atom. The first kappa shape index (κ1) is 16.4. The van der Waals surface area contributed by atoms with Gasteiger partial charge in [-0.2, -0.15) is 0 Å². The van der Waals surface area contributed by atoms with E-state index in [2.05, 4.69) is 0 Å². The topological polar surface area (TPSA) is 18.5 Å². The zero-order valence-electron chi connectivity index (χ0n) is 10.5. The van der Waals surface area contributed by atoms with Crippen molar-refractivity contribution in [1.82, 2.24) is 0 Å². The molecule has 0 aliphatic heterocycles. The minimum Gasteiger partial charge on any atom is -0.497 e. The van der Waals surface area contributed by atoms with Crippen LogP contribution < -0.4 is 66.3 Å². The summed E-state index contributed by atoms with van der Waals surface area (Å²) in [5.74, 6) is 0.522. The van der Waals surface area contributed by atoms with Crippen LogP contribution in [0.15, 0.2) is 18.2 Å². The SMILES string of the molecule is COc1ccc(OCC2CC2)c([B-](F)(F)F)c1.[K+]. The second kappa shape index (κ2) is 6.65. The number of hydrogen-bond donors (Lipinski definition) is 0. The molecule has 0 bridgehead atoms. The van der Waals surface area contributed by atoms with Crippen molar-refractivity contribution in [2.24, 2.45) is 5.92 Å². The van der Waals surface area contributed by atoms with Crippen molar-refractivity contribution in [3.05, 3.63) is 18.2 Å². The van der Waals surface area contributed by atoms with Crippen LogP contribution in [0, 0.1) is 5.92 Å². The van der Waals surface area contributed by atoms with Gasteiger partial charge in [0.05, 0.1) is 19.5 Å². The molecule has 18 heavy (non-hydrogen) atoms. The van der Waals surface area contributed by atoms with Gasteiger partial charge in [-0.15, -0.1) is 0 Å². The van der Waals surface area contributed by atoms with E-state index in [9.17, 15) is 12.9 Å². The summed E-state index contributed by atoms with van der Waals surface area (Å²) in [5, 5.41) is 0. The Balaban J connectivity index is 0.00000162. The molecule has 94 valence electrons. The van der Waals surface area contributed by atoms with Crippen molar-refractivity contribution >= 4 is 12.4 Å². The van der Waals surface area contributed by atoms with E-state index in [4.69, 9.17) is 9.47 Å². The van der Waals surface area contributed by atoms with Crippen molar-refractivity contribution in [3.8, 4) is 11.5 Å². The summed E-state index contributed by atoms with van der Waals surface area (Å²) < 4.78 is 48.5. The van der Waals surface area contributed by atoms with Crippen LogP contribution in [0.5, 0.6) is 11.5 Å². The molecule has 1 saturated carbocycles. The van der Waals surface area contributed by atoms with Crippen LogP contribution in [-0.2, 0) is 0 Å². The fourth-order valence-electron chi connectivity index (χ4n) is 1.53. The van der Waals surface area contributed by atoms with Crippen molar-refractivity contribution in [1.29, 1.82) is 0 Å². The van der Waals surface area contributed by atoms with Gasteiger partial charge in [-0.1, -0.05) is 5.46 Å². The zero-order valence-corrected chi connectivity index (χ0v) is 13.6. The summed E-state index contributed by atoms with van der Waals surface area (Å²) in [6, 6.07) is 3.79. The van der Waals surface area contributed by atoms with E-state index in [0.717, 1.165) is 18.9 Å². The van der Waals surface area contributed by atoms with E-state index in [1.807, 2.05) is 0 Å². The number of benzene rings is 1. The van der Waals surface area contributed by atoms with Gasteiger partial charge in [0.2, 0.25) is 0 Å². The summed E-state index contributed by atoms with van der Waals surface area (Å²) in [5.41, 5.74) is -0.718. The maximum atomic E-state index is 12.8. The van der Waals surface area contributed by atoms with Gasteiger partial charge in [0.15, 0.2) is 0 Å². The largest absolute Gasteiger partial charge is 1.00 e. The van der Waals surface area contributed by atoms with Gasteiger partial charge in [-0.3, -0.25) is 0 Å². The molecule has 0 N–H and O–H groups in total. The van der Waals surface area contributed by atoms with E-state index in [0.29, 0.717) is 12.5 Å². The Bertz CT molecular complexity index is 408. The molecule has 0 saturated heterocycles. The third-order valence-electron chi connectivity index (χ3n) is 2.74. The van der Waals surface area contributed by atoms with Crippen LogP contribution in [0.2, 0.25) is 0 Å². The third-order valence-corrected chi connectivity index (χ3v) is 2.74.